The molecule has 21 heavy (non-hydrogen) atoms. The molecule has 0 saturated carbocycles. The maximum absolute atomic E-state index is 12.6. The van der Waals surface area contributed by atoms with E-state index < -0.39 is 0 Å². The molecule has 4 nitrogen and oxygen atoms in total. The second-order valence-corrected chi connectivity index (χ2v) is 6.76. The minimum absolute atomic E-state index is 0.179. The summed E-state index contributed by atoms with van der Waals surface area (Å²) >= 11 is 1.55. The Morgan fingerprint density at radius 1 is 1.38 bits per heavy atom. The summed E-state index contributed by atoms with van der Waals surface area (Å²) in [5.74, 6) is 0.801. The highest BCUT2D eigenvalue weighted by Crippen LogP contribution is 2.25. The number of amides is 1. The van der Waals surface area contributed by atoms with Crippen LogP contribution in [0.5, 0.6) is 0 Å². The summed E-state index contributed by atoms with van der Waals surface area (Å²) in [5, 5.41) is 0. The highest BCUT2D eigenvalue weighted by molar-refractivity contribution is 7.14. The van der Waals surface area contributed by atoms with Crippen LogP contribution in [-0.2, 0) is 16.1 Å². The van der Waals surface area contributed by atoms with Crippen LogP contribution in [0.1, 0.15) is 40.2 Å². The quantitative estimate of drug-likeness (QED) is 0.726. The lowest BCUT2D eigenvalue weighted by Crippen LogP contribution is -2.39. The third kappa shape index (κ3) is 4.80. The van der Waals surface area contributed by atoms with Crippen LogP contribution in [0.3, 0.4) is 0 Å². The summed E-state index contributed by atoms with van der Waals surface area (Å²) in [6.45, 7) is 3.17. The molecule has 1 atom stereocenters. The van der Waals surface area contributed by atoms with Gasteiger partial charge < -0.3 is 14.4 Å². The number of thiophene rings is 1. The molecule has 1 amide bonds. The maximum atomic E-state index is 12.6. The minimum atomic E-state index is 0.179. The third-order valence-corrected chi connectivity index (χ3v) is 4.97. The Labute approximate surface area is 131 Å². The molecule has 1 aromatic rings. The van der Waals surface area contributed by atoms with Crippen LogP contribution in [-0.4, -0.2) is 44.7 Å². The van der Waals surface area contributed by atoms with Crippen molar-refractivity contribution in [3.05, 3.63) is 21.9 Å². The number of nitrogens with zero attached hydrogens (tertiary/aromatic N) is 1. The van der Waals surface area contributed by atoms with Gasteiger partial charge in [-0.3, -0.25) is 4.79 Å². The Morgan fingerprint density at radius 3 is 3.00 bits per heavy atom. The van der Waals surface area contributed by atoms with Crippen molar-refractivity contribution >= 4 is 17.2 Å². The summed E-state index contributed by atoms with van der Waals surface area (Å²) in [6.07, 6.45) is 4.57. The number of hydrogen-bond donors (Lipinski definition) is 0. The Morgan fingerprint density at radius 2 is 2.24 bits per heavy atom. The number of carbonyl (C=O) groups is 1. The van der Waals surface area contributed by atoms with Gasteiger partial charge >= 0.3 is 0 Å². The topological polar surface area (TPSA) is 38.8 Å². The van der Waals surface area contributed by atoms with Gasteiger partial charge in [-0.15, -0.1) is 11.3 Å². The van der Waals surface area contributed by atoms with Gasteiger partial charge in [0.1, 0.15) is 0 Å². The van der Waals surface area contributed by atoms with Crippen molar-refractivity contribution in [3.8, 4) is 0 Å². The lowest BCUT2D eigenvalue weighted by atomic mass is 9.93. The van der Waals surface area contributed by atoms with Crippen LogP contribution in [0, 0.1) is 5.92 Å². The second-order valence-electron chi connectivity index (χ2n) is 5.59. The van der Waals surface area contributed by atoms with Crippen molar-refractivity contribution in [2.75, 3.05) is 33.9 Å². The van der Waals surface area contributed by atoms with Crippen LogP contribution >= 0.6 is 11.3 Å². The summed E-state index contributed by atoms with van der Waals surface area (Å²) in [4.78, 5) is 16.5. The molecule has 0 aromatic carbocycles. The number of hydrogen-bond acceptors (Lipinski definition) is 4. The molecule has 1 aliphatic heterocycles. The zero-order valence-electron chi connectivity index (χ0n) is 13.0. The Hall–Kier alpha value is -0.910. The van der Waals surface area contributed by atoms with E-state index in [0.29, 0.717) is 12.5 Å². The van der Waals surface area contributed by atoms with Crippen molar-refractivity contribution < 1.29 is 14.3 Å². The smallest absolute Gasteiger partial charge is 0.263 e. The first-order valence-electron chi connectivity index (χ1n) is 7.60. The first-order chi connectivity index (χ1) is 10.2. The van der Waals surface area contributed by atoms with Crippen LogP contribution in [0.2, 0.25) is 0 Å². The summed E-state index contributed by atoms with van der Waals surface area (Å²) in [5.41, 5.74) is 0. The molecule has 1 unspecified atom stereocenters. The fourth-order valence-corrected chi connectivity index (χ4v) is 3.82. The molecule has 1 aromatic heterocycles. The normalized spacial score (nSPS) is 19.0. The third-order valence-electron chi connectivity index (χ3n) is 3.93. The van der Waals surface area contributed by atoms with Crippen LogP contribution in [0.15, 0.2) is 12.1 Å². The molecule has 0 aliphatic carbocycles. The van der Waals surface area contributed by atoms with Crippen molar-refractivity contribution in [2.24, 2.45) is 5.92 Å². The molecule has 1 saturated heterocycles. The van der Waals surface area contributed by atoms with Crippen molar-refractivity contribution in [1.82, 2.24) is 4.90 Å². The number of rotatable bonds is 7. The average molecular weight is 311 g/mol. The second kappa shape index (κ2) is 8.51. The predicted octanol–water partition coefficient (Wildman–Crippen LogP) is 3.17. The summed E-state index contributed by atoms with van der Waals surface area (Å²) < 4.78 is 10.2. The van der Waals surface area contributed by atoms with Gasteiger partial charge in [0.2, 0.25) is 0 Å². The van der Waals surface area contributed by atoms with Crippen LogP contribution < -0.4 is 0 Å². The molecule has 118 valence electrons. The van der Waals surface area contributed by atoms with Gasteiger partial charge in [0.25, 0.3) is 5.91 Å². The van der Waals surface area contributed by atoms with E-state index in [-0.39, 0.29) is 5.91 Å². The molecule has 2 heterocycles. The molecule has 0 bridgehead atoms. The Balaban J connectivity index is 1.88. The highest BCUT2D eigenvalue weighted by Gasteiger charge is 2.25. The first-order valence-corrected chi connectivity index (χ1v) is 8.42. The van der Waals surface area contributed by atoms with E-state index in [0.717, 1.165) is 48.7 Å². The van der Waals surface area contributed by atoms with Gasteiger partial charge in [0.15, 0.2) is 0 Å². The number of ether oxygens (including phenoxy) is 2. The molecule has 0 N–H and O–H groups in total. The maximum Gasteiger partial charge on any atom is 0.263 e. The molecular formula is C16H25NO3S. The van der Waals surface area contributed by atoms with E-state index in [9.17, 15) is 4.79 Å². The van der Waals surface area contributed by atoms with Gasteiger partial charge in [-0.2, -0.15) is 0 Å². The zero-order chi connectivity index (χ0) is 15.1. The fourth-order valence-electron chi connectivity index (χ4n) is 2.87. The minimum Gasteiger partial charge on any atom is -0.385 e. The molecule has 0 radical (unpaired) electrons. The molecule has 2 rings (SSSR count). The first kappa shape index (κ1) is 16.5. The average Bonchev–Trinajstić information content (AvgIpc) is 2.96. The lowest BCUT2D eigenvalue weighted by Gasteiger charge is -2.32. The largest absolute Gasteiger partial charge is 0.385 e. The Kier molecular flexibility index (Phi) is 6.67. The van der Waals surface area contributed by atoms with E-state index in [1.54, 1.807) is 25.6 Å². The summed E-state index contributed by atoms with van der Waals surface area (Å²) in [6, 6.07) is 3.91. The summed E-state index contributed by atoms with van der Waals surface area (Å²) in [7, 11) is 3.42. The van der Waals surface area contributed by atoms with Crippen molar-refractivity contribution in [3.63, 3.8) is 0 Å². The molecular weight excluding hydrogens is 286 g/mol. The van der Waals surface area contributed by atoms with Gasteiger partial charge in [-0.1, -0.05) is 0 Å². The number of carbonyl (C=O) groups excluding carboxylic acids is 1. The van der Waals surface area contributed by atoms with Gasteiger partial charge in [-0.05, 0) is 43.7 Å². The van der Waals surface area contributed by atoms with E-state index in [1.165, 1.54) is 6.42 Å². The van der Waals surface area contributed by atoms with Crippen LogP contribution in [0.4, 0.5) is 0 Å². The standard InChI is InChI=1S/C16H25NO3S/c1-19-10-4-6-13-5-3-9-17(11-13)16(18)15-8-7-14(21-15)12-20-2/h7-8,13H,3-6,9-12H2,1-2H3. The number of likely N-dealkylation sites (tertiary alicyclic amines) is 1. The van der Waals surface area contributed by atoms with Gasteiger partial charge in [-0.25, -0.2) is 0 Å². The van der Waals surface area contributed by atoms with Crippen molar-refractivity contribution in [1.29, 1.82) is 0 Å². The van der Waals surface area contributed by atoms with E-state index >= 15 is 0 Å². The number of piperidine rings is 1. The highest BCUT2D eigenvalue weighted by atomic mass is 32.1. The van der Waals surface area contributed by atoms with E-state index in [4.69, 9.17) is 9.47 Å². The molecule has 0 spiro atoms. The van der Waals surface area contributed by atoms with Crippen LogP contribution in [0.25, 0.3) is 0 Å². The fraction of sp³-hybridized carbons (Fsp3) is 0.688. The Bertz CT molecular complexity index is 446. The van der Waals surface area contributed by atoms with E-state index in [2.05, 4.69) is 0 Å². The van der Waals surface area contributed by atoms with Gasteiger partial charge in [0, 0.05) is 38.8 Å². The lowest BCUT2D eigenvalue weighted by molar-refractivity contribution is 0.0665. The molecule has 1 aliphatic rings. The van der Waals surface area contributed by atoms with E-state index in [1.807, 2.05) is 17.0 Å². The predicted molar refractivity (Wildman–Crippen MR) is 84.8 cm³/mol. The molecule has 5 heteroatoms. The zero-order valence-corrected chi connectivity index (χ0v) is 13.8. The van der Waals surface area contributed by atoms with Crippen molar-refractivity contribution in [2.45, 2.75) is 32.3 Å². The number of methoxy groups -OCH3 is 2. The van der Waals surface area contributed by atoms with Gasteiger partial charge in [0.05, 0.1) is 11.5 Å². The molecule has 1 fully saturated rings. The monoisotopic (exact) mass is 311 g/mol. The SMILES string of the molecule is COCCCC1CCCN(C(=O)c2ccc(COC)s2)C1.